The molecule has 1 aliphatic rings. The van der Waals surface area contributed by atoms with Gasteiger partial charge in [0.25, 0.3) is 0 Å². The smallest absolute Gasteiger partial charge is 0.410 e. The van der Waals surface area contributed by atoms with Gasteiger partial charge in [0.15, 0.2) is 0 Å². The lowest BCUT2D eigenvalue weighted by atomic mass is 9.89. The normalized spacial score (nSPS) is 16.0. The van der Waals surface area contributed by atoms with Gasteiger partial charge in [0.2, 0.25) is 0 Å². The van der Waals surface area contributed by atoms with E-state index in [1.165, 1.54) is 5.56 Å². The standard InChI is InChI=1S/C22H20N2O2/c25-22(26-16-17-7-2-1-3-8-17)24-14-12-18-9-4-5-11-20(18)21(24)19-10-6-13-23-15-19/h1-11,13,15,21H,12,14,16H2. The molecule has 1 aliphatic heterocycles. The van der Waals surface area contributed by atoms with E-state index < -0.39 is 0 Å². The van der Waals surface area contributed by atoms with E-state index in [-0.39, 0.29) is 18.7 Å². The Balaban J connectivity index is 1.61. The van der Waals surface area contributed by atoms with Gasteiger partial charge in [-0.3, -0.25) is 9.88 Å². The summed E-state index contributed by atoms with van der Waals surface area (Å²) in [5.74, 6) is 0. The van der Waals surface area contributed by atoms with Crippen LogP contribution in [0, 0.1) is 0 Å². The fraction of sp³-hybridized carbons (Fsp3) is 0.182. The second kappa shape index (κ2) is 7.40. The van der Waals surface area contributed by atoms with Crippen LogP contribution >= 0.6 is 0 Å². The molecule has 2 aromatic carbocycles. The average Bonchev–Trinajstić information content (AvgIpc) is 2.72. The van der Waals surface area contributed by atoms with E-state index in [1.807, 2.05) is 65.7 Å². The highest BCUT2D eigenvalue weighted by Gasteiger charge is 2.32. The van der Waals surface area contributed by atoms with E-state index in [0.29, 0.717) is 6.54 Å². The molecule has 0 radical (unpaired) electrons. The summed E-state index contributed by atoms with van der Waals surface area (Å²) < 4.78 is 5.60. The molecule has 0 spiro atoms. The Bertz CT molecular complexity index is 881. The van der Waals surface area contributed by atoms with Crippen LogP contribution in [0.1, 0.15) is 28.3 Å². The second-order valence-corrected chi connectivity index (χ2v) is 6.37. The minimum Gasteiger partial charge on any atom is -0.445 e. The van der Waals surface area contributed by atoms with Gasteiger partial charge < -0.3 is 4.74 Å². The average molecular weight is 344 g/mol. The van der Waals surface area contributed by atoms with Gasteiger partial charge in [-0.25, -0.2) is 4.79 Å². The van der Waals surface area contributed by atoms with Crippen LogP contribution in [-0.4, -0.2) is 22.5 Å². The molecule has 26 heavy (non-hydrogen) atoms. The van der Waals surface area contributed by atoms with E-state index >= 15 is 0 Å². The number of hydrogen-bond acceptors (Lipinski definition) is 3. The van der Waals surface area contributed by atoms with Crippen molar-refractivity contribution in [1.82, 2.24) is 9.88 Å². The molecule has 4 rings (SSSR count). The van der Waals surface area contributed by atoms with Crippen LogP contribution in [0.25, 0.3) is 0 Å². The number of rotatable bonds is 3. The highest BCUT2D eigenvalue weighted by atomic mass is 16.6. The number of carbonyl (C=O) groups is 1. The second-order valence-electron chi connectivity index (χ2n) is 6.37. The fourth-order valence-electron chi connectivity index (χ4n) is 3.46. The molecule has 3 aromatic rings. The summed E-state index contributed by atoms with van der Waals surface area (Å²) >= 11 is 0. The van der Waals surface area contributed by atoms with Gasteiger partial charge in [0.05, 0.1) is 6.04 Å². The van der Waals surface area contributed by atoms with Gasteiger partial charge in [-0.15, -0.1) is 0 Å². The van der Waals surface area contributed by atoms with Crippen LogP contribution in [0.4, 0.5) is 4.79 Å². The minimum absolute atomic E-state index is 0.170. The zero-order valence-corrected chi connectivity index (χ0v) is 14.4. The van der Waals surface area contributed by atoms with Gasteiger partial charge in [-0.2, -0.15) is 0 Å². The van der Waals surface area contributed by atoms with E-state index in [1.54, 1.807) is 6.20 Å². The van der Waals surface area contributed by atoms with Gasteiger partial charge in [0.1, 0.15) is 6.61 Å². The molecular formula is C22H20N2O2. The Morgan fingerprint density at radius 3 is 2.65 bits per heavy atom. The van der Waals surface area contributed by atoms with Crippen LogP contribution in [0.2, 0.25) is 0 Å². The SMILES string of the molecule is O=C(OCc1ccccc1)N1CCc2ccccc2C1c1cccnc1. The number of nitrogens with zero attached hydrogens (tertiary/aromatic N) is 2. The van der Waals surface area contributed by atoms with Crippen molar-refractivity contribution in [2.45, 2.75) is 19.1 Å². The first kappa shape index (κ1) is 16.3. The lowest BCUT2D eigenvalue weighted by Gasteiger charge is -2.36. The number of benzene rings is 2. The van der Waals surface area contributed by atoms with Crippen LogP contribution in [-0.2, 0) is 17.8 Å². The predicted octanol–water partition coefficient (Wildman–Crippen LogP) is 4.37. The van der Waals surface area contributed by atoms with Crippen molar-refractivity contribution in [2.24, 2.45) is 0 Å². The molecule has 4 nitrogen and oxygen atoms in total. The van der Waals surface area contributed by atoms with Crippen molar-refractivity contribution >= 4 is 6.09 Å². The van der Waals surface area contributed by atoms with Gasteiger partial charge in [-0.1, -0.05) is 60.7 Å². The summed E-state index contributed by atoms with van der Waals surface area (Å²) in [6, 6.07) is 21.8. The van der Waals surface area contributed by atoms with E-state index in [4.69, 9.17) is 4.74 Å². The monoisotopic (exact) mass is 344 g/mol. The van der Waals surface area contributed by atoms with E-state index in [2.05, 4.69) is 17.1 Å². The minimum atomic E-state index is -0.294. The number of aromatic nitrogens is 1. The van der Waals surface area contributed by atoms with E-state index in [9.17, 15) is 4.79 Å². The van der Waals surface area contributed by atoms with Crippen LogP contribution in [0.15, 0.2) is 79.1 Å². The number of ether oxygens (including phenoxy) is 1. The molecule has 2 heterocycles. The summed E-state index contributed by atoms with van der Waals surface area (Å²) in [5.41, 5.74) is 4.39. The topological polar surface area (TPSA) is 42.4 Å². The molecular weight excluding hydrogens is 324 g/mol. The Kier molecular flexibility index (Phi) is 4.65. The van der Waals surface area contributed by atoms with Crippen molar-refractivity contribution in [3.05, 3.63) is 101 Å². The van der Waals surface area contributed by atoms with Crippen molar-refractivity contribution < 1.29 is 9.53 Å². The zero-order chi connectivity index (χ0) is 17.8. The molecule has 0 saturated carbocycles. The third-order valence-corrected chi connectivity index (χ3v) is 4.72. The molecule has 1 unspecified atom stereocenters. The van der Waals surface area contributed by atoms with Gasteiger partial charge in [-0.05, 0) is 34.7 Å². The first-order valence-corrected chi connectivity index (χ1v) is 8.78. The summed E-state index contributed by atoms with van der Waals surface area (Å²) in [4.78, 5) is 18.9. The Morgan fingerprint density at radius 2 is 1.85 bits per heavy atom. The molecule has 0 saturated heterocycles. The highest BCUT2D eigenvalue weighted by molar-refractivity contribution is 5.70. The van der Waals surface area contributed by atoms with Gasteiger partial charge >= 0.3 is 6.09 Å². The number of pyridine rings is 1. The molecule has 0 bridgehead atoms. The summed E-state index contributed by atoms with van der Waals surface area (Å²) in [6.07, 6.45) is 4.10. The first-order chi connectivity index (χ1) is 12.8. The third kappa shape index (κ3) is 3.31. The van der Waals surface area contributed by atoms with Crippen molar-refractivity contribution in [2.75, 3.05) is 6.54 Å². The number of amides is 1. The number of carbonyl (C=O) groups excluding carboxylic acids is 1. The first-order valence-electron chi connectivity index (χ1n) is 8.78. The molecule has 130 valence electrons. The summed E-state index contributed by atoms with van der Waals surface area (Å²) in [7, 11) is 0. The van der Waals surface area contributed by atoms with Gasteiger partial charge in [0, 0.05) is 18.9 Å². The quantitative estimate of drug-likeness (QED) is 0.709. The molecule has 4 heteroatoms. The van der Waals surface area contributed by atoms with Crippen molar-refractivity contribution in [1.29, 1.82) is 0 Å². The Hall–Kier alpha value is -3.14. The predicted molar refractivity (Wildman–Crippen MR) is 99.6 cm³/mol. The summed E-state index contributed by atoms with van der Waals surface area (Å²) in [5, 5.41) is 0. The summed E-state index contributed by atoms with van der Waals surface area (Å²) in [6.45, 7) is 0.905. The largest absolute Gasteiger partial charge is 0.445 e. The molecule has 0 fully saturated rings. The highest BCUT2D eigenvalue weighted by Crippen LogP contribution is 2.35. The number of hydrogen-bond donors (Lipinski definition) is 0. The maximum Gasteiger partial charge on any atom is 0.410 e. The Morgan fingerprint density at radius 1 is 1.04 bits per heavy atom. The maximum atomic E-state index is 12.8. The molecule has 1 atom stereocenters. The maximum absolute atomic E-state index is 12.8. The Labute approximate surface area is 153 Å². The lowest BCUT2D eigenvalue weighted by Crippen LogP contribution is -2.40. The molecule has 0 N–H and O–H groups in total. The van der Waals surface area contributed by atoms with Crippen LogP contribution < -0.4 is 0 Å². The van der Waals surface area contributed by atoms with E-state index in [0.717, 1.165) is 23.1 Å². The molecule has 0 aliphatic carbocycles. The third-order valence-electron chi connectivity index (χ3n) is 4.72. The molecule has 1 aromatic heterocycles. The lowest BCUT2D eigenvalue weighted by molar-refractivity contribution is 0.0836. The van der Waals surface area contributed by atoms with Crippen LogP contribution in [0.3, 0.4) is 0 Å². The van der Waals surface area contributed by atoms with Crippen molar-refractivity contribution in [3.8, 4) is 0 Å². The zero-order valence-electron chi connectivity index (χ0n) is 14.4. The fourth-order valence-corrected chi connectivity index (χ4v) is 3.46. The number of fused-ring (bicyclic) bond motifs is 1. The molecule has 1 amide bonds. The van der Waals surface area contributed by atoms with Crippen LogP contribution in [0.5, 0.6) is 0 Å². The van der Waals surface area contributed by atoms with Crippen molar-refractivity contribution in [3.63, 3.8) is 0 Å².